The van der Waals surface area contributed by atoms with Crippen molar-refractivity contribution in [3.8, 4) is 0 Å². The molecule has 0 rings (SSSR count). The minimum absolute atomic E-state index is 0.177. The van der Waals surface area contributed by atoms with E-state index in [1.165, 1.54) is 225 Å². The van der Waals surface area contributed by atoms with Gasteiger partial charge in [-0.1, -0.05) is 300 Å². The lowest BCUT2D eigenvalue weighted by Crippen LogP contribution is -2.40. The molecule has 0 amide bonds. The smallest absolute Gasteiger partial charge is 0.361 e. The number of hydrogen-bond donors (Lipinski definition) is 1. The monoisotopic (exact) mass is 1100 g/mol. The Bertz CT molecular complexity index is 1420. The van der Waals surface area contributed by atoms with Gasteiger partial charge >= 0.3 is 17.9 Å². The van der Waals surface area contributed by atoms with Crippen molar-refractivity contribution in [2.24, 2.45) is 0 Å². The number of aliphatic carboxylic acids is 1. The number of carbonyl (C=O) groups is 3. The number of unbranched alkanes of at least 4 members (excludes halogenated alkanes) is 39. The Morgan fingerprint density at radius 1 is 0.397 bits per heavy atom. The largest absolute Gasteiger partial charge is 0.477 e. The van der Waals surface area contributed by atoms with Crippen LogP contribution in [0.5, 0.6) is 0 Å². The van der Waals surface area contributed by atoms with Gasteiger partial charge in [-0.2, -0.15) is 0 Å². The van der Waals surface area contributed by atoms with Crippen molar-refractivity contribution in [2.75, 3.05) is 47.5 Å². The lowest BCUT2D eigenvalue weighted by molar-refractivity contribution is -0.870. The maximum absolute atomic E-state index is 12.9. The van der Waals surface area contributed by atoms with Crippen molar-refractivity contribution in [2.45, 2.75) is 328 Å². The number of nitrogens with zero attached hydrogens (tertiary/aromatic N) is 1. The summed E-state index contributed by atoms with van der Waals surface area (Å²) in [6, 6.07) is 0. The number of quaternary nitrogens is 1. The molecular weight excluding hydrogens is 971 g/mol. The van der Waals surface area contributed by atoms with E-state index in [1.807, 2.05) is 21.1 Å². The quantitative estimate of drug-likeness (QED) is 0.0211. The maximum atomic E-state index is 12.9. The predicted molar refractivity (Wildman–Crippen MR) is 332 cm³/mol. The molecule has 9 nitrogen and oxygen atoms in total. The van der Waals surface area contributed by atoms with Crippen LogP contribution in [0.2, 0.25) is 0 Å². The maximum Gasteiger partial charge on any atom is 0.361 e. The summed E-state index contributed by atoms with van der Waals surface area (Å²) in [6.45, 7) is 4.82. The van der Waals surface area contributed by atoms with Gasteiger partial charge in [-0.05, 0) is 51.4 Å². The summed E-state index contributed by atoms with van der Waals surface area (Å²) in [7, 11) is 5.98. The molecule has 0 aromatic rings. The number of carbonyl (C=O) groups excluding carboxylic acids is 2. The summed E-state index contributed by atoms with van der Waals surface area (Å²) in [5.74, 6) is -1.98. The van der Waals surface area contributed by atoms with Crippen molar-refractivity contribution in [3.63, 3.8) is 0 Å². The second-order valence-electron chi connectivity index (χ2n) is 23.8. The fraction of sp³-hybridized carbons (Fsp3) is 0.841. The molecule has 0 spiro atoms. The van der Waals surface area contributed by atoms with Gasteiger partial charge in [0.05, 0.1) is 34.4 Å². The van der Waals surface area contributed by atoms with Crippen molar-refractivity contribution >= 4 is 17.9 Å². The zero-order valence-corrected chi connectivity index (χ0v) is 52.1. The third-order valence-electron chi connectivity index (χ3n) is 14.8. The second kappa shape index (κ2) is 60.3. The van der Waals surface area contributed by atoms with Crippen molar-refractivity contribution in [1.82, 2.24) is 0 Å². The molecule has 0 aliphatic heterocycles. The number of esters is 2. The number of carboxylic acids is 1. The number of allylic oxidation sites excluding steroid dienone is 8. The minimum atomic E-state index is -1.51. The number of rotatable bonds is 62. The number of carboxylic acid groups (broad SMARTS) is 1. The molecule has 1 N–H and O–H groups in total. The molecule has 0 aromatic carbocycles. The third kappa shape index (κ3) is 60.9. The molecule has 78 heavy (non-hydrogen) atoms. The SMILES string of the molecule is CC/C=C\C/C=C\C/C=C\C/C=C\CCCCCCCCCCCCCCCCCCC(=O)OC(COC(=O)CCCCCCCCCCCCCCCCCCCCCCCCCC)COC(OCC[N+](C)(C)C)C(=O)O. The molecule has 0 aliphatic carbocycles. The number of likely N-dealkylation sites (N-methyl/N-ethyl adjacent to an activating group) is 1. The Morgan fingerprint density at radius 3 is 1.09 bits per heavy atom. The average molecular weight is 1100 g/mol. The van der Waals surface area contributed by atoms with Crippen LogP contribution in [0.3, 0.4) is 0 Å². The Balaban J connectivity index is 4.11. The highest BCUT2D eigenvalue weighted by molar-refractivity contribution is 5.71. The molecule has 0 saturated heterocycles. The van der Waals surface area contributed by atoms with E-state index >= 15 is 0 Å². The first-order chi connectivity index (χ1) is 38.1. The average Bonchev–Trinajstić information content (AvgIpc) is 3.41. The molecule has 0 saturated carbocycles. The van der Waals surface area contributed by atoms with E-state index in [2.05, 4.69) is 62.5 Å². The lowest BCUT2D eigenvalue weighted by Gasteiger charge is -2.25. The molecule has 0 aliphatic rings. The molecule has 0 fully saturated rings. The molecule has 2 atom stereocenters. The highest BCUT2D eigenvalue weighted by Gasteiger charge is 2.25. The van der Waals surface area contributed by atoms with E-state index in [-0.39, 0.29) is 38.2 Å². The van der Waals surface area contributed by atoms with Crippen LogP contribution in [0, 0.1) is 0 Å². The topological polar surface area (TPSA) is 108 Å². The van der Waals surface area contributed by atoms with Crippen LogP contribution in [0.25, 0.3) is 0 Å². The summed E-state index contributed by atoms with van der Waals surface area (Å²) in [5.41, 5.74) is 0. The van der Waals surface area contributed by atoms with Crippen molar-refractivity contribution < 1.29 is 42.9 Å². The van der Waals surface area contributed by atoms with Gasteiger partial charge in [-0.3, -0.25) is 9.59 Å². The van der Waals surface area contributed by atoms with Gasteiger partial charge < -0.3 is 28.5 Å². The van der Waals surface area contributed by atoms with Crippen LogP contribution in [0.15, 0.2) is 48.6 Å². The van der Waals surface area contributed by atoms with Crippen LogP contribution < -0.4 is 0 Å². The Morgan fingerprint density at radius 2 is 0.731 bits per heavy atom. The van der Waals surface area contributed by atoms with Gasteiger partial charge in [0.25, 0.3) is 6.29 Å². The molecule has 2 unspecified atom stereocenters. The standard InChI is InChI=1S/C69H127NO8/c1-6-8-10-12-14-16-18-20-22-24-26-28-30-32-33-34-35-36-38-40-42-44-46-48-50-52-54-56-58-60-67(72)78-65(64-77-69(68(73)74)75-62-61-70(3,4)5)63-76-66(71)59-57-55-53-51-49-47-45-43-41-39-37-31-29-27-25-23-21-19-17-15-13-11-9-7-2/h8,10,14,16,20,22,26,28,65,69H,6-7,9,11-13,15,17-19,21,23-25,27,29-64H2,1-5H3/p+1/b10-8-,16-14-,22-20-,28-26-. The molecule has 0 bridgehead atoms. The molecule has 456 valence electrons. The molecule has 0 aromatic heterocycles. The van der Waals surface area contributed by atoms with Crippen molar-refractivity contribution in [1.29, 1.82) is 0 Å². The molecule has 9 heteroatoms. The summed E-state index contributed by atoms with van der Waals surface area (Å²) < 4.78 is 23.0. The predicted octanol–water partition coefficient (Wildman–Crippen LogP) is 20.2. The van der Waals surface area contributed by atoms with E-state index < -0.39 is 18.4 Å². The first kappa shape index (κ1) is 75.2. The Kier molecular flexibility index (Phi) is 58.2. The van der Waals surface area contributed by atoms with Gasteiger partial charge in [0.2, 0.25) is 0 Å². The first-order valence-corrected chi connectivity index (χ1v) is 33.3. The van der Waals surface area contributed by atoms with Gasteiger partial charge in [0.1, 0.15) is 13.2 Å². The highest BCUT2D eigenvalue weighted by atomic mass is 16.7. The lowest BCUT2D eigenvalue weighted by atomic mass is 10.0. The number of ether oxygens (including phenoxy) is 4. The van der Waals surface area contributed by atoms with E-state index in [0.29, 0.717) is 17.4 Å². The second-order valence-corrected chi connectivity index (χ2v) is 23.8. The van der Waals surface area contributed by atoms with E-state index in [4.69, 9.17) is 18.9 Å². The summed E-state index contributed by atoms with van der Waals surface area (Å²) in [6.07, 6.45) is 73.6. The van der Waals surface area contributed by atoms with Crippen LogP contribution in [-0.4, -0.2) is 87.4 Å². The van der Waals surface area contributed by atoms with Gasteiger partial charge in [0, 0.05) is 12.8 Å². The van der Waals surface area contributed by atoms with Crippen molar-refractivity contribution in [3.05, 3.63) is 48.6 Å². The van der Waals surface area contributed by atoms with Gasteiger partial charge in [-0.25, -0.2) is 4.79 Å². The number of hydrogen-bond acceptors (Lipinski definition) is 7. The van der Waals surface area contributed by atoms with Crippen LogP contribution in [-0.2, 0) is 33.3 Å². The van der Waals surface area contributed by atoms with E-state index in [1.54, 1.807) is 0 Å². The Hall–Kier alpha value is -2.75. The van der Waals surface area contributed by atoms with E-state index in [9.17, 15) is 19.5 Å². The summed E-state index contributed by atoms with van der Waals surface area (Å²) >= 11 is 0. The summed E-state index contributed by atoms with van der Waals surface area (Å²) in [4.78, 5) is 37.6. The van der Waals surface area contributed by atoms with Crippen LogP contribution in [0.4, 0.5) is 0 Å². The molecule has 0 heterocycles. The zero-order valence-electron chi connectivity index (χ0n) is 52.1. The normalized spacial score (nSPS) is 13.0. The summed E-state index contributed by atoms with van der Waals surface area (Å²) in [5, 5.41) is 9.73. The van der Waals surface area contributed by atoms with Crippen LogP contribution >= 0.6 is 0 Å². The van der Waals surface area contributed by atoms with Crippen LogP contribution in [0.1, 0.15) is 316 Å². The highest BCUT2D eigenvalue weighted by Crippen LogP contribution is 2.18. The van der Waals surface area contributed by atoms with Gasteiger partial charge in [0.15, 0.2) is 6.10 Å². The van der Waals surface area contributed by atoms with Gasteiger partial charge in [-0.15, -0.1) is 0 Å². The van der Waals surface area contributed by atoms with E-state index in [0.717, 1.165) is 64.2 Å². The minimum Gasteiger partial charge on any atom is -0.477 e. The third-order valence-corrected chi connectivity index (χ3v) is 14.8. The fourth-order valence-corrected chi connectivity index (χ4v) is 9.77. The first-order valence-electron chi connectivity index (χ1n) is 33.3. The molecular formula is C69H128NO8+. The Labute approximate surface area is 482 Å². The zero-order chi connectivity index (χ0) is 56.9. The molecule has 0 radical (unpaired) electrons. The fourth-order valence-electron chi connectivity index (χ4n) is 9.77.